The summed E-state index contributed by atoms with van der Waals surface area (Å²) in [5.74, 6) is 0.738. The molecule has 1 aliphatic heterocycles. The minimum absolute atomic E-state index is 0.145. The van der Waals surface area contributed by atoms with E-state index in [4.69, 9.17) is 50.9 Å². The second-order valence-electron chi connectivity index (χ2n) is 15.5. The average molecular weight is 865 g/mol. The van der Waals surface area contributed by atoms with E-state index in [1.54, 1.807) is 37.4 Å². The van der Waals surface area contributed by atoms with Crippen molar-refractivity contribution in [2.75, 3.05) is 33.4 Å². The van der Waals surface area contributed by atoms with Gasteiger partial charge in [0.15, 0.2) is 17.6 Å². The Morgan fingerprint density at radius 1 is 0.862 bits per heavy atom. The van der Waals surface area contributed by atoms with Crippen LogP contribution in [-0.4, -0.2) is 69.9 Å². The molecule has 17 heteroatoms. The molecule has 320 valence electrons. The van der Waals surface area contributed by atoms with Crippen LogP contribution in [0.1, 0.15) is 75.0 Å². The molecule has 1 fully saturated rings. The number of amides is 1. The number of benzene rings is 3. The van der Waals surface area contributed by atoms with Crippen LogP contribution in [0.5, 0.6) is 23.0 Å². The topological polar surface area (TPSA) is 164 Å². The Morgan fingerprint density at radius 3 is 2.22 bits per heavy atom. The lowest BCUT2D eigenvalue weighted by Crippen LogP contribution is -2.50. The number of esters is 1. The molecule has 14 nitrogen and oxygen atoms in total. The fourth-order valence-corrected chi connectivity index (χ4v) is 6.43. The summed E-state index contributed by atoms with van der Waals surface area (Å²) in [6.07, 6.45) is -2.08. The van der Waals surface area contributed by atoms with E-state index in [0.717, 1.165) is 16.7 Å². The third-order valence-corrected chi connectivity index (χ3v) is 9.89. The molecule has 1 amide bonds. The summed E-state index contributed by atoms with van der Waals surface area (Å²) >= 11 is 8.40. The first kappa shape index (κ1) is 47.3. The Morgan fingerprint density at radius 2 is 1.55 bits per heavy atom. The lowest BCUT2D eigenvalue weighted by atomic mass is 9.93. The molecule has 1 unspecified atom stereocenters. The summed E-state index contributed by atoms with van der Waals surface area (Å²) in [5, 5.41) is 3.00. The van der Waals surface area contributed by atoms with Crippen LogP contribution in [0, 0.1) is 10.8 Å². The predicted molar refractivity (Wildman–Crippen MR) is 226 cm³/mol. The standard InChI is InChI=1S/C41H56N2O12S3/c1-26-35(46-7)18-37(52-27(2)44)39(51-26)53-34-15-11-30(38(45)43-23-41(5,6)25-47-24-40(3,4)22-42)17-36(34)55-58-54-32-12-8-28(9-13-32)19-48-33-14-10-29(20-49-56)16-31(33)21-50-57/h8-17,26,35,37,39,56-57H,18-25,42H2,1-7H3,(H,43,45)/t26-,35-,37?,39+/m0/s1. The van der Waals surface area contributed by atoms with Crippen LogP contribution in [-0.2, 0) is 51.9 Å². The van der Waals surface area contributed by atoms with E-state index in [1.807, 2.05) is 65.0 Å². The van der Waals surface area contributed by atoms with E-state index in [0.29, 0.717) is 75.3 Å². The van der Waals surface area contributed by atoms with Crippen LogP contribution in [0.4, 0.5) is 0 Å². The quantitative estimate of drug-likeness (QED) is 0.0429. The fraction of sp³-hybridized carbons (Fsp3) is 0.512. The summed E-state index contributed by atoms with van der Waals surface area (Å²) in [6, 6.07) is 17.7. The summed E-state index contributed by atoms with van der Waals surface area (Å²) < 4.78 is 57.3. The molecular formula is C41H56N2O12S3. The number of thiol groups is 2. The molecule has 3 N–H and O–H groups in total. The number of carbonyl (C=O) groups is 2. The number of hydrogen-bond donors (Lipinski definition) is 4. The number of methoxy groups -OCH3 is 1. The molecule has 0 radical (unpaired) electrons. The van der Waals surface area contributed by atoms with Gasteiger partial charge in [-0.1, -0.05) is 45.9 Å². The van der Waals surface area contributed by atoms with Gasteiger partial charge < -0.3 is 56.2 Å². The van der Waals surface area contributed by atoms with Crippen LogP contribution in [0.15, 0.2) is 60.7 Å². The number of carbonyl (C=O) groups excluding carboxylic acids is 2. The maximum atomic E-state index is 13.4. The number of rotatable bonds is 23. The summed E-state index contributed by atoms with van der Waals surface area (Å²) in [4.78, 5) is 25.4. The average Bonchev–Trinajstić information content (AvgIpc) is 3.18. The van der Waals surface area contributed by atoms with Gasteiger partial charge in [-0.05, 0) is 92.9 Å². The van der Waals surface area contributed by atoms with Gasteiger partial charge >= 0.3 is 5.97 Å². The lowest BCUT2D eigenvalue weighted by molar-refractivity contribution is -0.241. The normalized spacial score (nSPS) is 18.3. The van der Waals surface area contributed by atoms with Crippen LogP contribution < -0.4 is 28.9 Å². The van der Waals surface area contributed by atoms with Crippen molar-refractivity contribution in [3.05, 3.63) is 82.9 Å². The van der Waals surface area contributed by atoms with E-state index >= 15 is 0 Å². The Kier molecular flexibility index (Phi) is 18.6. The zero-order valence-electron chi connectivity index (χ0n) is 34.0. The summed E-state index contributed by atoms with van der Waals surface area (Å²) in [6.45, 7) is 13.9. The molecule has 4 atom stereocenters. The van der Waals surface area contributed by atoms with Gasteiger partial charge in [0.25, 0.3) is 18.2 Å². The van der Waals surface area contributed by atoms with Gasteiger partial charge in [0, 0.05) is 49.0 Å². The Labute approximate surface area is 357 Å². The zero-order valence-corrected chi connectivity index (χ0v) is 36.6. The highest BCUT2D eigenvalue weighted by Gasteiger charge is 2.40. The van der Waals surface area contributed by atoms with Crippen molar-refractivity contribution < 1.29 is 54.7 Å². The second-order valence-corrected chi connectivity index (χ2v) is 16.5. The highest BCUT2D eigenvalue weighted by atomic mass is 32.2. The highest BCUT2D eigenvalue weighted by molar-refractivity contribution is 7.90. The fourth-order valence-electron chi connectivity index (χ4n) is 5.71. The summed E-state index contributed by atoms with van der Waals surface area (Å²) in [7, 11) is 1.57. The minimum atomic E-state index is -0.987. The van der Waals surface area contributed by atoms with E-state index in [2.05, 4.69) is 31.1 Å². The molecule has 0 aromatic heterocycles. The van der Waals surface area contributed by atoms with Crippen molar-refractivity contribution in [2.45, 2.75) is 92.4 Å². The molecule has 58 heavy (non-hydrogen) atoms. The molecule has 1 heterocycles. The van der Waals surface area contributed by atoms with Gasteiger partial charge in [0.2, 0.25) is 6.29 Å². The molecule has 3 aromatic rings. The van der Waals surface area contributed by atoms with Crippen LogP contribution >= 0.6 is 38.1 Å². The Bertz CT molecular complexity index is 1760. The number of hydrogen-bond acceptors (Lipinski definition) is 16. The largest absolute Gasteiger partial charge is 0.489 e. The van der Waals surface area contributed by atoms with E-state index < -0.39 is 18.4 Å². The first-order chi connectivity index (χ1) is 27.6. The SMILES string of the molecule is CO[C@H]1CC(OC(C)=O)[C@@H](Oc2ccc(C(=O)NCC(C)(C)COCC(C)(C)CN)cc2OSOc2ccc(COc3ccc(COS)cc3COS)cc2)O[C@H]1C. The van der Waals surface area contributed by atoms with Crippen molar-refractivity contribution in [1.82, 2.24) is 5.32 Å². The highest BCUT2D eigenvalue weighted by Crippen LogP contribution is 2.36. The monoisotopic (exact) mass is 864 g/mol. The maximum Gasteiger partial charge on any atom is 0.303 e. The molecule has 0 aliphatic carbocycles. The van der Waals surface area contributed by atoms with Crippen molar-refractivity contribution in [1.29, 1.82) is 0 Å². The van der Waals surface area contributed by atoms with Crippen molar-refractivity contribution in [3.63, 3.8) is 0 Å². The number of ether oxygens (including phenoxy) is 6. The van der Waals surface area contributed by atoms with Gasteiger partial charge in [-0.25, -0.2) is 0 Å². The molecule has 1 saturated heterocycles. The van der Waals surface area contributed by atoms with Crippen molar-refractivity contribution in [3.8, 4) is 23.0 Å². The third-order valence-electron chi connectivity index (χ3n) is 9.12. The smallest absolute Gasteiger partial charge is 0.303 e. The van der Waals surface area contributed by atoms with Crippen LogP contribution in [0.2, 0.25) is 0 Å². The van der Waals surface area contributed by atoms with Crippen molar-refractivity contribution in [2.24, 2.45) is 16.6 Å². The Hall–Kier alpha value is -3.39. The number of nitrogens with two attached hydrogens (primary N) is 1. The molecule has 4 rings (SSSR count). The minimum Gasteiger partial charge on any atom is -0.489 e. The maximum absolute atomic E-state index is 13.4. The Balaban J connectivity index is 1.45. The zero-order chi connectivity index (χ0) is 42.3. The number of nitrogens with one attached hydrogen (secondary N) is 1. The molecule has 0 bridgehead atoms. The molecule has 0 spiro atoms. The van der Waals surface area contributed by atoms with Gasteiger partial charge in [-0.3, -0.25) is 9.59 Å². The van der Waals surface area contributed by atoms with Crippen molar-refractivity contribution >= 4 is 50.0 Å². The molecule has 3 aromatic carbocycles. The lowest BCUT2D eigenvalue weighted by Gasteiger charge is -2.38. The third kappa shape index (κ3) is 15.0. The molecule has 0 saturated carbocycles. The van der Waals surface area contributed by atoms with E-state index in [-0.39, 0.29) is 47.1 Å². The van der Waals surface area contributed by atoms with E-state index in [9.17, 15) is 9.59 Å². The first-order valence-corrected chi connectivity index (χ1v) is 20.1. The molecular weight excluding hydrogens is 809 g/mol. The van der Waals surface area contributed by atoms with Gasteiger partial charge in [0.1, 0.15) is 18.1 Å². The molecule has 1 aliphatic rings. The van der Waals surface area contributed by atoms with Gasteiger partial charge in [-0.15, -0.1) is 0 Å². The summed E-state index contributed by atoms with van der Waals surface area (Å²) in [5.41, 5.74) is 8.29. The first-order valence-electron chi connectivity index (χ1n) is 18.8. The predicted octanol–water partition coefficient (Wildman–Crippen LogP) is 7.23. The van der Waals surface area contributed by atoms with Crippen LogP contribution in [0.3, 0.4) is 0 Å². The van der Waals surface area contributed by atoms with Gasteiger partial charge in [0.05, 0.1) is 38.6 Å². The van der Waals surface area contributed by atoms with E-state index in [1.165, 1.54) is 6.92 Å². The van der Waals surface area contributed by atoms with Gasteiger partial charge in [-0.2, -0.15) is 0 Å². The second kappa shape index (κ2) is 22.8. The van der Waals surface area contributed by atoms with Crippen LogP contribution in [0.25, 0.3) is 0 Å².